The molecule has 0 heterocycles. The van der Waals surface area contributed by atoms with Crippen molar-refractivity contribution in [3.63, 3.8) is 0 Å². The molecule has 2 N–H and O–H groups in total. The van der Waals surface area contributed by atoms with E-state index in [1.807, 2.05) is 0 Å². The molecule has 0 aromatic heterocycles. The van der Waals surface area contributed by atoms with Crippen molar-refractivity contribution in [3.05, 3.63) is 64.2 Å². The smallest absolute Gasteiger partial charge is 0.275 e. The van der Waals surface area contributed by atoms with Gasteiger partial charge in [0.05, 0.1) is 11.3 Å². The lowest BCUT2D eigenvalue weighted by Gasteiger charge is -2.20. The fraction of sp³-hybridized carbons (Fsp3) is 0.263. The van der Waals surface area contributed by atoms with Crippen molar-refractivity contribution in [2.45, 2.75) is 33.1 Å². The van der Waals surface area contributed by atoms with Gasteiger partial charge >= 0.3 is 0 Å². The van der Waals surface area contributed by atoms with Crippen molar-refractivity contribution in [2.24, 2.45) is 5.10 Å². The standard InChI is InChI=1S/C19H20N2O2/c1-12-10-13(2)14-7-5-8-17(16(14)11-12)20-21-19(23)15-6-3-4-9-18(15)22/h3-4,6,9-11,22H,5,7-8H2,1-2H3,(H,21,23)/b20-17-. The van der Waals surface area contributed by atoms with Crippen LogP contribution in [0.4, 0.5) is 0 Å². The first-order valence-electron chi connectivity index (χ1n) is 7.81. The number of carbonyl (C=O) groups excluding carboxylic acids is 1. The number of fused-ring (bicyclic) bond motifs is 1. The van der Waals surface area contributed by atoms with Gasteiger partial charge in [-0.2, -0.15) is 5.10 Å². The summed E-state index contributed by atoms with van der Waals surface area (Å²) in [7, 11) is 0. The molecule has 118 valence electrons. The number of nitrogens with one attached hydrogen (secondary N) is 1. The molecule has 0 spiro atoms. The molecule has 2 aromatic rings. The Morgan fingerprint density at radius 2 is 1.96 bits per heavy atom. The lowest BCUT2D eigenvalue weighted by Crippen LogP contribution is -2.22. The van der Waals surface area contributed by atoms with Gasteiger partial charge in [-0.15, -0.1) is 0 Å². The van der Waals surface area contributed by atoms with Gasteiger partial charge < -0.3 is 5.11 Å². The zero-order chi connectivity index (χ0) is 16.4. The molecular formula is C19H20N2O2. The number of nitrogens with zero attached hydrogens (tertiary/aromatic N) is 1. The van der Waals surface area contributed by atoms with E-state index in [-0.39, 0.29) is 11.3 Å². The number of aryl methyl sites for hydroxylation is 2. The van der Waals surface area contributed by atoms with Crippen LogP contribution in [0, 0.1) is 13.8 Å². The zero-order valence-corrected chi connectivity index (χ0v) is 13.4. The van der Waals surface area contributed by atoms with E-state index >= 15 is 0 Å². The van der Waals surface area contributed by atoms with E-state index in [1.165, 1.54) is 22.8 Å². The number of hydrogen-bond donors (Lipinski definition) is 2. The number of carbonyl (C=O) groups is 1. The quantitative estimate of drug-likeness (QED) is 0.834. The molecule has 3 rings (SSSR count). The van der Waals surface area contributed by atoms with Gasteiger partial charge in [-0.05, 0) is 62.4 Å². The summed E-state index contributed by atoms with van der Waals surface area (Å²) >= 11 is 0. The molecule has 4 heteroatoms. The highest BCUT2D eigenvalue weighted by atomic mass is 16.3. The van der Waals surface area contributed by atoms with Gasteiger partial charge in [-0.1, -0.05) is 23.8 Å². The van der Waals surface area contributed by atoms with Gasteiger partial charge in [0.1, 0.15) is 5.75 Å². The molecule has 0 unspecified atom stereocenters. The first-order chi connectivity index (χ1) is 11.1. The highest BCUT2D eigenvalue weighted by Gasteiger charge is 2.18. The second-order valence-corrected chi connectivity index (χ2v) is 5.98. The van der Waals surface area contributed by atoms with Crippen LogP contribution >= 0.6 is 0 Å². The van der Waals surface area contributed by atoms with E-state index in [0.717, 1.165) is 30.5 Å². The fourth-order valence-electron chi connectivity index (χ4n) is 3.11. The Balaban J connectivity index is 1.88. The molecule has 1 aliphatic rings. The minimum Gasteiger partial charge on any atom is -0.507 e. The Hall–Kier alpha value is -2.62. The molecule has 0 bridgehead atoms. The number of para-hydroxylation sites is 1. The van der Waals surface area contributed by atoms with Crippen molar-refractivity contribution < 1.29 is 9.90 Å². The fourth-order valence-corrected chi connectivity index (χ4v) is 3.11. The highest BCUT2D eigenvalue weighted by Crippen LogP contribution is 2.26. The van der Waals surface area contributed by atoms with Gasteiger partial charge in [0.15, 0.2) is 0 Å². The highest BCUT2D eigenvalue weighted by molar-refractivity contribution is 6.04. The van der Waals surface area contributed by atoms with Crippen LogP contribution in [0.15, 0.2) is 41.5 Å². The summed E-state index contributed by atoms with van der Waals surface area (Å²) < 4.78 is 0. The molecule has 23 heavy (non-hydrogen) atoms. The minimum absolute atomic E-state index is 0.0408. The number of phenolic OH excluding ortho intramolecular Hbond substituents is 1. The summed E-state index contributed by atoms with van der Waals surface area (Å²) in [6, 6.07) is 10.8. The Labute approximate surface area is 135 Å². The molecule has 0 aliphatic heterocycles. The maximum absolute atomic E-state index is 12.2. The molecule has 1 amide bonds. The van der Waals surface area contributed by atoms with E-state index < -0.39 is 5.91 Å². The summed E-state index contributed by atoms with van der Waals surface area (Å²) in [5.74, 6) is -0.437. The summed E-state index contributed by atoms with van der Waals surface area (Å²) in [5.41, 5.74) is 8.63. The average Bonchev–Trinajstić information content (AvgIpc) is 2.53. The molecule has 0 saturated heterocycles. The summed E-state index contributed by atoms with van der Waals surface area (Å²) in [6.07, 6.45) is 2.92. The van der Waals surface area contributed by atoms with Crippen LogP contribution in [0.3, 0.4) is 0 Å². The van der Waals surface area contributed by atoms with E-state index in [0.29, 0.717) is 0 Å². The van der Waals surface area contributed by atoms with Crippen molar-refractivity contribution in [1.82, 2.24) is 5.43 Å². The number of benzene rings is 2. The predicted molar refractivity (Wildman–Crippen MR) is 91.0 cm³/mol. The van der Waals surface area contributed by atoms with Crippen molar-refractivity contribution in [3.8, 4) is 5.75 Å². The lowest BCUT2D eigenvalue weighted by atomic mass is 9.86. The lowest BCUT2D eigenvalue weighted by molar-refractivity contribution is 0.0952. The van der Waals surface area contributed by atoms with Gasteiger partial charge in [0.2, 0.25) is 0 Å². The maximum Gasteiger partial charge on any atom is 0.275 e. The Bertz CT molecular complexity index is 794. The van der Waals surface area contributed by atoms with Crippen LogP contribution in [-0.2, 0) is 6.42 Å². The molecule has 1 aliphatic carbocycles. The van der Waals surface area contributed by atoms with Crippen LogP contribution in [0.25, 0.3) is 0 Å². The Morgan fingerprint density at radius 3 is 2.74 bits per heavy atom. The number of rotatable bonds is 2. The monoisotopic (exact) mass is 308 g/mol. The molecule has 0 atom stereocenters. The van der Waals surface area contributed by atoms with Gasteiger partial charge in [-0.3, -0.25) is 4.79 Å². The van der Waals surface area contributed by atoms with Crippen molar-refractivity contribution in [2.75, 3.05) is 0 Å². The molecule has 0 saturated carbocycles. The van der Waals surface area contributed by atoms with Crippen LogP contribution < -0.4 is 5.43 Å². The third kappa shape index (κ3) is 3.11. The molecule has 0 radical (unpaired) electrons. The Morgan fingerprint density at radius 1 is 1.17 bits per heavy atom. The molecule has 2 aromatic carbocycles. The van der Waals surface area contributed by atoms with E-state index in [2.05, 4.69) is 36.5 Å². The largest absolute Gasteiger partial charge is 0.507 e. The summed E-state index contributed by atoms with van der Waals surface area (Å²) in [5, 5.41) is 14.1. The number of amides is 1. The second kappa shape index (κ2) is 6.24. The molecule has 4 nitrogen and oxygen atoms in total. The average molecular weight is 308 g/mol. The summed E-state index contributed by atoms with van der Waals surface area (Å²) in [4.78, 5) is 12.2. The van der Waals surface area contributed by atoms with Crippen LogP contribution in [0.5, 0.6) is 5.75 Å². The van der Waals surface area contributed by atoms with Gasteiger partial charge in [-0.25, -0.2) is 5.43 Å². The van der Waals surface area contributed by atoms with Gasteiger partial charge in [0, 0.05) is 5.56 Å². The first-order valence-corrected chi connectivity index (χ1v) is 7.81. The Kier molecular flexibility index (Phi) is 4.15. The maximum atomic E-state index is 12.2. The third-order valence-corrected chi connectivity index (χ3v) is 4.21. The van der Waals surface area contributed by atoms with E-state index in [9.17, 15) is 9.90 Å². The van der Waals surface area contributed by atoms with Crippen LogP contribution in [-0.4, -0.2) is 16.7 Å². The van der Waals surface area contributed by atoms with Crippen LogP contribution in [0.1, 0.15) is 45.5 Å². The number of hydrogen-bond acceptors (Lipinski definition) is 3. The SMILES string of the molecule is Cc1cc(C)c2c(c1)/C(=N\NC(=O)c1ccccc1O)CCC2. The predicted octanol–water partition coefficient (Wildman–Crippen LogP) is 3.48. The number of phenols is 1. The second-order valence-electron chi connectivity index (χ2n) is 5.98. The van der Waals surface area contributed by atoms with Crippen LogP contribution in [0.2, 0.25) is 0 Å². The van der Waals surface area contributed by atoms with E-state index in [1.54, 1.807) is 18.2 Å². The first kappa shape index (κ1) is 15.3. The topological polar surface area (TPSA) is 61.7 Å². The number of aromatic hydroxyl groups is 1. The third-order valence-electron chi connectivity index (χ3n) is 4.21. The molecule has 0 fully saturated rings. The van der Waals surface area contributed by atoms with Crippen molar-refractivity contribution >= 4 is 11.6 Å². The normalized spacial score (nSPS) is 15.3. The minimum atomic E-state index is -0.396. The van der Waals surface area contributed by atoms with Gasteiger partial charge in [0.25, 0.3) is 5.91 Å². The summed E-state index contributed by atoms with van der Waals surface area (Å²) in [6.45, 7) is 4.19. The molecular weight excluding hydrogens is 288 g/mol. The zero-order valence-electron chi connectivity index (χ0n) is 13.4. The van der Waals surface area contributed by atoms with Crippen molar-refractivity contribution in [1.29, 1.82) is 0 Å². The van der Waals surface area contributed by atoms with E-state index in [4.69, 9.17) is 0 Å². The number of hydrazone groups is 1.